The van der Waals surface area contributed by atoms with Crippen molar-refractivity contribution in [1.82, 2.24) is 10.2 Å². The van der Waals surface area contributed by atoms with Crippen molar-refractivity contribution in [2.75, 3.05) is 13.1 Å². The van der Waals surface area contributed by atoms with Gasteiger partial charge in [-0.1, -0.05) is 26.7 Å². The number of hydrogen-bond donors (Lipinski definition) is 1. The van der Waals surface area contributed by atoms with Gasteiger partial charge in [-0.05, 0) is 25.2 Å². The van der Waals surface area contributed by atoms with Crippen LogP contribution in [0.2, 0.25) is 0 Å². The van der Waals surface area contributed by atoms with E-state index in [1.54, 1.807) is 0 Å². The lowest BCUT2D eigenvalue weighted by atomic mass is 9.81. The third-order valence-electron chi connectivity index (χ3n) is 4.28. The number of amides is 3. The molecule has 2 unspecified atom stereocenters. The molecule has 1 aliphatic heterocycles. The first-order valence-corrected chi connectivity index (χ1v) is 7.62. The third kappa shape index (κ3) is 3.19. The second-order valence-electron chi connectivity index (χ2n) is 6.29. The van der Waals surface area contributed by atoms with Gasteiger partial charge in [0.05, 0.1) is 11.8 Å². The second kappa shape index (κ2) is 6.37. The number of rotatable bonds is 5. The fourth-order valence-electron chi connectivity index (χ4n) is 3.09. The van der Waals surface area contributed by atoms with Crippen molar-refractivity contribution in [2.24, 2.45) is 17.8 Å². The number of nitrogens with zero attached hydrogens (tertiary/aromatic N) is 1. The molecule has 0 aromatic carbocycles. The SMILES string of the molecule is CC(C)CCNC(=O)CN1C(=O)C2CCCCC2C1=O. The fraction of sp³-hybridized carbons (Fsp3) is 0.800. The number of hydrogen-bond acceptors (Lipinski definition) is 3. The number of likely N-dealkylation sites (tertiary alicyclic amines) is 1. The minimum atomic E-state index is -0.231. The number of imide groups is 1. The molecule has 20 heavy (non-hydrogen) atoms. The largest absolute Gasteiger partial charge is 0.355 e. The zero-order chi connectivity index (χ0) is 14.7. The Balaban J connectivity index is 1.87. The van der Waals surface area contributed by atoms with Gasteiger partial charge in [0.2, 0.25) is 17.7 Å². The Morgan fingerprint density at radius 1 is 1.20 bits per heavy atom. The minimum Gasteiger partial charge on any atom is -0.355 e. The molecule has 0 radical (unpaired) electrons. The van der Waals surface area contributed by atoms with Crippen molar-refractivity contribution in [3.63, 3.8) is 0 Å². The van der Waals surface area contributed by atoms with Gasteiger partial charge >= 0.3 is 0 Å². The van der Waals surface area contributed by atoms with Crippen molar-refractivity contribution in [1.29, 1.82) is 0 Å². The van der Waals surface area contributed by atoms with Gasteiger partial charge in [0.1, 0.15) is 6.54 Å². The smallest absolute Gasteiger partial charge is 0.240 e. The van der Waals surface area contributed by atoms with Gasteiger partial charge in [-0.25, -0.2) is 0 Å². The standard InChI is InChI=1S/C15H24N2O3/c1-10(2)7-8-16-13(18)9-17-14(19)11-5-3-4-6-12(11)15(17)20/h10-12H,3-9H2,1-2H3,(H,16,18). The molecule has 0 bridgehead atoms. The van der Waals surface area contributed by atoms with Crippen LogP contribution in [0.1, 0.15) is 46.0 Å². The summed E-state index contributed by atoms with van der Waals surface area (Å²) in [6.45, 7) is 4.66. The maximum absolute atomic E-state index is 12.2. The summed E-state index contributed by atoms with van der Waals surface area (Å²) in [5.74, 6) is -0.323. The summed E-state index contributed by atoms with van der Waals surface area (Å²) in [5, 5.41) is 2.78. The molecule has 2 atom stereocenters. The molecule has 5 nitrogen and oxygen atoms in total. The van der Waals surface area contributed by atoms with Crippen molar-refractivity contribution < 1.29 is 14.4 Å². The number of nitrogens with one attached hydrogen (secondary N) is 1. The Hall–Kier alpha value is -1.39. The van der Waals surface area contributed by atoms with Crippen LogP contribution in [0.25, 0.3) is 0 Å². The van der Waals surface area contributed by atoms with Crippen LogP contribution in [0, 0.1) is 17.8 Å². The highest BCUT2D eigenvalue weighted by Crippen LogP contribution is 2.37. The molecule has 2 aliphatic rings. The van der Waals surface area contributed by atoms with Gasteiger partial charge in [0.15, 0.2) is 0 Å². The summed E-state index contributed by atoms with van der Waals surface area (Å²) >= 11 is 0. The summed E-state index contributed by atoms with van der Waals surface area (Å²) < 4.78 is 0. The molecule has 5 heteroatoms. The number of carbonyl (C=O) groups excluding carboxylic acids is 3. The molecule has 0 aromatic rings. The first-order chi connectivity index (χ1) is 9.50. The lowest BCUT2D eigenvalue weighted by Gasteiger charge is -2.19. The van der Waals surface area contributed by atoms with Crippen LogP contribution in [-0.4, -0.2) is 35.7 Å². The zero-order valence-electron chi connectivity index (χ0n) is 12.4. The van der Waals surface area contributed by atoms with E-state index in [1.807, 2.05) is 0 Å². The molecule has 112 valence electrons. The zero-order valence-corrected chi connectivity index (χ0v) is 12.4. The third-order valence-corrected chi connectivity index (χ3v) is 4.28. The second-order valence-corrected chi connectivity index (χ2v) is 6.29. The summed E-state index contributed by atoms with van der Waals surface area (Å²) in [6, 6.07) is 0. The average molecular weight is 280 g/mol. The lowest BCUT2D eigenvalue weighted by molar-refractivity contribution is -0.143. The van der Waals surface area contributed by atoms with Crippen LogP contribution in [0.4, 0.5) is 0 Å². The highest BCUT2D eigenvalue weighted by atomic mass is 16.2. The molecule has 2 fully saturated rings. The molecule has 0 aromatic heterocycles. The van der Waals surface area contributed by atoms with E-state index in [1.165, 1.54) is 4.90 Å². The van der Waals surface area contributed by atoms with Crippen LogP contribution in [-0.2, 0) is 14.4 Å². The fourth-order valence-corrected chi connectivity index (χ4v) is 3.09. The van der Waals surface area contributed by atoms with E-state index in [9.17, 15) is 14.4 Å². The molecular formula is C15H24N2O3. The first-order valence-electron chi connectivity index (χ1n) is 7.62. The van der Waals surface area contributed by atoms with Gasteiger partial charge in [0.25, 0.3) is 0 Å². The molecule has 0 spiro atoms. The quantitative estimate of drug-likeness (QED) is 0.772. The summed E-state index contributed by atoms with van der Waals surface area (Å²) in [7, 11) is 0. The summed E-state index contributed by atoms with van der Waals surface area (Å²) in [5.41, 5.74) is 0. The first kappa shape index (κ1) is 15.0. The minimum absolute atomic E-state index is 0.108. The Morgan fingerprint density at radius 2 is 1.75 bits per heavy atom. The van der Waals surface area contributed by atoms with Gasteiger partial charge in [-0.3, -0.25) is 19.3 Å². The molecule has 2 rings (SSSR count). The van der Waals surface area contributed by atoms with Crippen LogP contribution < -0.4 is 5.32 Å². The normalized spacial score (nSPS) is 26.1. The topological polar surface area (TPSA) is 66.5 Å². The van der Waals surface area contributed by atoms with Crippen LogP contribution in [0.3, 0.4) is 0 Å². The van der Waals surface area contributed by atoms with Crippen LogP contribution >= 0.6 is 0 Å². The van der Waals surface area contributed by atoms with Gasteiger partial charge in [-0.15, -0.1) is 0 Å². The van der Waals surface area contributed by atoms with Gasteiger partial charge in [-0.2, -0.15) is 0 Å². The summed E-state index contributed by atoms with van der Waals surface area (Å²) in [4.78, 5) is 37.4. The van der Waals surface area contributed by atoms with E-state index in [2.05, 4.69) is 19.2 Å². The highest BCUT2D eigenvalue weighted by molar-refractivity contribution is 6.07. The van der Waals surface area contributed by atoms with Gasteiger partial charge in [0, 0.05) is 6.54 Å². The maximum atomic E-state index is 12.2. The monoisotopic (exact) mass is 280 g/mol. The number of fused-ring (bicyclic) bond motifs is 1. The molecule has 1 saturated heterocycles. The predicted molar refractivity (Wildman–Crippen MR) is 74.6 cm³/mol. The highest BCUT2D eigenvalue weighted by Gasteiger charge is 2.48. The Labute approximate surface area is 120 Å². The molecule has 1 N–H and O–H groups in total. The summed E-state index contributed by atoms with van der Waals surface area (Å²) in [6.07, 6.45) is 4.50. The van der Waals surface area contributed by atoms with E-state index in [-0.39, 0.29) is 36.1 Å². The van der Waals surface area contributed by atoms with Crippen LogP contribution in [0.5, 0.6) is 0 Å². The molecular weight excluding hydrogens is 256 g/mol. The van der Waals surface area contributed by atoms with E-state index in [4.69, 9.17) is 0 Å². The Bertz CT molecular complexity index is 382. The van der Waals surface area contributed by atoms with Crippen molar-refractivity contribution in [3.8, 4) is 0 Å². The van der Waals surface area contributed by atoms with Crippen molar-refractivity contribution >= 4 is 17.7 Å². The van der Waals surface area contributed by atoms with Crippen LogP contribution in [0.15, 0.2) is 0 Å². The van der Waals surface area contributed by atoms with E-state index < -0.39 is 0 Å². The van der Waals surface area contributed by atoms with E-state index in [0.29, 0.717) is 12.5 Å². The van der Waals surface area contributed by atoms with E-state index >= 15 is 0 Å². The maximum Gasteiger partial charge on any atom is 0.240 e. The lowest BCUT2D eigenvalue weighted by Crippen LogP contribution is -2.41. The molecule has 1 saturated carbocycles. The van der Waals surface area contributed by atoms with Crippen molar-refractivity contribution in [2.45, 2.75) is 46.0 Å². The average Bonchev–Trinajstić information content (AvgIpc) is 2.64. The van der Waals surface area contributed by atoms with Gasteiger partial charge < -0.3 is 5.32 Å². The van der Waals surface area contributed by atoms with Crippen molar-refractivity contribution in [3.05, 3.63) is 0 Å². The molecule has 1 heterocycles. The Kier molecular flexibility index (Phi) is 4.78. The van der Waals surface area contributed by atoms with E-state index in [0.717, 1.165) is 32.1 Å². The predicted octanol–water partition coefficient (Wildman–Crippen LogP) is 1.32. The molecule has 3 amide bonds. The Morgan fingerprint density at radius 3 is 2.25 bits per heavy atom. The number of carbonyl (C=O) groups is 3. The molecule has 1 aliphatic carbocycles.